The topological polar surface area (TPSA) is 58.4 Å². The average molecular weight is 353 g/mol. The van der Waals surface area contributed by atoms with Crippen LogP contribution in [0.2, 0.25) is 0 Å². The number of nitrogens with zero attached hydrogens (tertiary/aromatic N) is 3. The van der Waals surface area contributed by atoms with Crippen molar-refractivity contribution in [3.05, 3.63) is 76.6 Å². The number of rotatable bonds is 4. The number of likely N-dealkylation sites (tertiary alicyclic amines) is 1. The molecule has 1 unspecified atom stereocenters. The van der Waals surface area contributed by atoms with E-state index in [1.54, 1.807) is 0 Å². The molecule has 0 bridgehead atoms. The molecule has 1 fully saturated rings. The van der Waals surface area contributed by atoms with Crippen molar-refractivity contribution in [2.75, 3.05) is 13.1 Å². The lowest BCUT2D eigenvalue weighted by Gasteiger charge is -2.24. The van der Waals surface area contributed by atoms with E-state index in [1.165, 1.54) is 34.7 Å². The van der Waals surface area contributed by atoms with Crippen LogP contribution in [0.5, 0.6) is 0 Å². The second-order valence-electron chi connectivity index (χ2n) is 7.01. The Morgan fingerprint density at radius 3 is 2.81 bits per heavy atom. The Bertz CT molecular complexity index is 989. The minimum Gasteiger partial charge on any atom is -0.387 e. The quantitative estimate of drug-likeness (QED) is 0.781. The summed E-state index contributed by atoms with van der Waals surface area (Å²) in [5.74, 6) is -0.423. The van der Waals surface area contributed by atoms with Crippen molar-refractivity contribution in [1.82, 2.24) is 14.5 Å². The third-order valence-electron chi connectivity index (χ3n) is 4.91. The van der Waals surface area contributed by atoms with Gasteiger partial charge in [-0.1, -0.05) is 30.3 Å². The van der Waals surface area contributed by atoms with E-state index in [0.717, 1.165) is 13.1 Å². The van der Waals surface area contributed by atoms with E-state index in [4.69, 9.17) is 0 Å². The number of benzene rings is 2. The molecule has 1 saturated heterocycles. The zero-order chi connectivity index (χ0) is 18.1. The highest BCUT2D eigenvalue weighted by Gasteiger charge is 2.36. The summed E-state index contributed by atoms with van der Waals surface area (Å²) in [7, 11) is 0. The number of hydrogen-bond donors (Lipinski definition) is 1. The molecular weight excluding hydrogens is 333 g/mol. The van der Waals surface area contributed by atoms with Crippen LogP contribution in [0.1, 0.15) is 12.0 Å². The Morgan fingerprint density at radius 2 is 2.00 bits per heavy atom. The van der Waals surface area contributed by atoms with Crippen LogP contribution in [-0.2, 0) is 13.1 Å². The van der Waals surface area contributed by atoms with Gasteiger partial charge < -0.3 is 5.11 Å². The van der Waals surface area contributed by atoms with Gasteiger partial charge in [0.2, 0.25) is 0 Å². The van der Waals surface area contributed by atoms with Crippen molar-refractivity contribution < 1.29 is 9.50 Å². The maximum atomic E-state index is 13.3. The first-order valence-corrected chi connectivity index (χ1v) is 8.66. The number of β-amino-alcohol motifs (C(OH)–C–C–N with tert-alkyl or cyclic N) is 1. The molecule has 5 nitrogen and oxygen atoms in total. The van der Waals surface area contributed by atoms with Gasteiger partial charge in [-0.15, -0.1) is 0 Å². The first-order valence-electron chi connectivity index (χ1n) is 8.66. The van der Waals surface area contributed by atoms with Gasteiger partial charge >= 0.3 is 0 Å². The normalized spacial score (nSPS) is 20.7. The van der Waals surface area contributed by atoms with Gasteiger partial charge in [0.1, 0.15) is 5.82 Å². The highest BCUT2D eigenvalue weighted by Crippen LogP contribution is 2.24. The maximum absolute atomic E-state index is 13.3. The number of hydrogen-bond acceptors (Lipinski definition) is 4. The van der Waals surface area contributed by atoms with Gasteiger partial charge in [0, 0.05) is 25.7 Å². The molecule has 1 atom stereocenters. The number of fused-ring (bicyclic) bond motifs is 1. The first-order chi connectivity index (χ1) is 12.5. The van der Waals surface area contributed by atoms with Crippen LogP contribution >= 0.6 is 0 Å². The highest BCUT2D eigenvalue weighted by molar-refractivity contribution is 5.77. The third-order valence-corrected chi connectivity index (χ3v) is 4.91. The molecule has 6 heteroatoms. The van der Waals surface area contributed by atoms with Gasteiger partial charge in [-0.05, 0) is 24.1 Å². The summed E-state index contributed by atoms with van der Waals surface area (Å²) < 4.78 is 14.7. The van der Waals surface area contributed by atoms with Crippen LogP contribution in [0.15, 0.2) is 59.7 Å². The summed E-state index contributed by atoms with van der Waals surface area (Å²) >= 11 is 0. The summed E-state index contributed by atoms with van der Waals surface area (Å²) in [6.07, 6.45) is 1.98. The molecule has 0 radical (unpaired) electrons. The lowest BCUT2D eigenvalue weighted by molar-refractivity contribution is 0.0301. The Hall–Kier alpha value is -2.57. The van der Waals surface area contributed by atoms with Crippen LogP contribution in [0.4, 0.5) is 4.39 Å². The standard InChI is InChI=1S/C20H20FN3O2/c21-16-6-7-17-18(10-16)22-14-24(19(17)25)13-20(26)8-9-23(12-20)11-15-4-2-1-3-5-15/h1-7,10,14,26H,8-9,11-13H2. The van der Waals surface area contributed by atoms with E-state index in [-0.39, 0.29) is 12.1 Å². The Morgan fingerprint density at radius 1 is 1.19 bits per heavy atom. The maximum Gasteiger partial charge on any atom is 0.261 e. The summed E-state index contributed by atoms with van der Waals surface area (Å²) in [5.41, 5.74) is 0.289. The van der Waals surface area contributed by atoms with E-state index in [1.807, 2.05) is 18.2 Å². The summed E-state index contributed by atoms with van der Waals surface area (Å²) in [6, 6.07) is 14.0. The molecule has 1 aromatic heterocycles. The number of aromatic nitrogens is 2. The zero-order valence-electron chi connectivity index (χ0n) is 14.3. The second-order valence-corrected chi connectivity index (χ2v) is 7.01. The SMILES string of the molecule is O=c1c2ccc(F)cc2ncn1CC1(O)CCN(Cc2ccccc2)C1. The first kappa shape index (κ1) is 16.9. The highest BCUT2D eigenvalue weighted by atomic mass is 19.1. The van der Waals surface area contributed by atoms with Gasteiger partial charge in [0.15, 0.2) is 0 Å². The lowest BCUT2D eigenvalue weighted by Crippen LogP contribution is -2.40. The van der Waals surface area contributed by atoms with Gasteiger partial charge in [0.25, 0.3) is 5.56 Å². The molecule has 0 saturated carbocycles. The lowest BCUT2D eigenvalue weighted by atomic mass is 10.0. The van der Waals surface area contributed by atoms with Crippen molar-refractivity contribution in [1.29, 1.82) is 0 Å². The smallest absolute Gasteiger partial charge is 0.261 e. The Kier molecular flexibility index (Phi) is 4.30. The molecule has 1 N–H and O–H groups in total. The fourth-order valence-corrected chi connectivity index (χ4v) is 3.61. The molecule has 2 aromatic carbocycles. The van der Waals surface area contributed by atoms with Crippen LogP contribution < -0.4 is 5.56 Å². The van der Waals surface area contributed by atoms with Gasteiger partial charge in [0.05, 0.1) is 29.4 Å². The van der Waals surface area contributed by atoms with Crippen molar-refractivity contribution in [3.8, 4) is 0 Å². The molecule has 1 aliphatic heterocycles. The summed E-state index contributed by atoms with van der Waals surface area (Å²) in [4.78, 5) is 19.0. The fourth-order valence-electron chi connectivity index (χ4n) is 3.61. The predicted octanol–water partition coefficient (Wildman–Crippen LogP) is 2.17. The van der Waals surface area contributed by atoms with Crippen molar-refractivity contribution in [2.45, 2.75) is 25.1 Å². The molecule has 0 amide bonds. The van der Waals surface area contributed by atoms with Gasteiger partial charge in [-0.3, -0.25) is 14.3 Å². The molecule has 0 spiro atoms. The van der Waals surface area contributed by atoms with Crippen LogP contribution in [0.3, 0.4) is 0 Å². The largest absolute Gasteiger partial charge is 0.387 e. The molecule has 1 aliphatic rings. The molecule has 26 heavy (non-hydrogen) atoms. The minimum absolute atomic E-state index is 0.178. The molecule has 3 aromatic rings. The van der Waals surface area contributed by atoms with E-state index in [0.29, 0.717) is 23.9 Å². The molecule has 4 rings (SSSR count). The van der Waals surface area contributed by atoms with Crippen LogP contribution in [0.25, 0.3) is 10.9 Å². The Balaban J connectivity index is 1.52. The van der Waals surface area contributed by atoms with Crippen LogP contribution in [-0.4, -0.2) is 38.2 Å². The van der Waals surface area contributed by atoms with E-state index < -0.39 is 11.4 Å². The zero-order valence-corrected chi connectivity index (χ0v) is 14.3. The van der Waals surface area contributed by atoms with E-state index in [2.05, 4.69) is 22.0 Å². The van der Waals surface area contributed by atoms with Crippen molar-refractivity contribution >= 4 is 10.9 Å². The third kappa shape index (κ3) is 3.38. The van der Waals surface area contributed by atoms with Crippen LogP contribution in [0, 0.1) is 5.82 Å². The number of aliphatic hydroxyl groups is 1. The monoisotopic (exact) mass is 353 g/mol. The van der Waals surface area contributed by atoms with Crippen molar-refractivity contribution in [3.63, 3.8) is 0 Å². The second kappa shape index (κ2) is 6.63. The molecule has 134 valence electrons. The molecular formula is C20H20FN3O2. The Labute approximate surface area is 150 Å². The van der Waals surface area contributed by atoms with Gasteiger partial charge in [-0.25, -0.2) is 9.37 Å². The number of halogens is 1. The summed E-state index contributed by atoms with van der Waals surface area (Å²) in [5, 5.41) is 11.3. The predicted molar refractivity (Wildman–Crippen MR) is 97.2 cm³/mol. The molecule has 2 heterocycles. The minimum atomic E-state index is -0.978. The van der Waals surface area contributed by atoms with E-state index in [9.17, 15) is 14.3 Å². The van der Waals surface area contributed by atoms with E-state index >= 15 is 0 Å². The molecule has 0 aliphatic carbocycles. The van der Waals surface area contributed by atoms with Crippen molar-refractivity contribution in [2.24, 2.45) is 0 Å². The fraction of sp³-hybridized carbons (Fsp3) is 0.300. The van der Waals surface area contributed by atoms with Gasteiger partial charge in [-0.2, -0.15) is 0 Å². The summed E-state index contributed by atoms with van der Waals surface area (Å²) in [6.45, 7) is 2.22. The average Bonchev–Trinajstić information content (AvgIpc) is 2.99.